The van der Waals surface area contributed by atoms with Crippen molar-refractivity contribution in [3.8, 4) is 22.8 Å². The van der Waals surface area contributed by atoms with Crippen molar-refractivity contribution in [3.05, 3.63) is 58.8 Å². The van der Waals surface area contributed by atoms with Gasteiger partial charge in [0.1, 0.15) is 16.7 Å². The van der Waals surface area contributed by atoms with Gasteiger partial charge in [0.05, 0.1) is 6.61 Å². The molecular weight excluding hydrogens is 280 g/mol. The summed E-state index contributed by atoms with van der Waals surface area (Å²) in [6.45, 7) is 2.48. The van der Waals surface area contributed by atoms with Crippen LogP contribution in [-0.4, -0.2) is 11.7 Å². The average Bonchev–Trinajstić information content (AvgIpc) is 2.56. The molecule has 0 amide bonds. The molecule has 112 valence electrons. The van der Waals surface area contributed by atoms with Gasteiger partial charge in [-0.25, -0.2) is 0 Å². The highest BCUT2D eigenvalue weighted by Crippen LogP contribution is 2.32. The number of benzene rings is 2. The van der Waals surface area contributed by atoms with Crippen LogP contribution in [0.4, 0.5) is 0 Å². The van der Waals surface area contributed by atoms with Gasteiger partial charge in [0.25, 0.3) is 0 Å². The van der Waals surface area contributed by atoms with E-state index >= 15 is 0 Å². The third kappa shape index (κ3) is 2.44. The summed E-state index contributed by atoms with van der Waals surface area (Å²) < 4.78 is 11.3. The second kappa shape index (κ2) is 5.93. The highest BCUT2D eigenvalue weighted by atomic mass is 16.5. The van der Waals surface area contributed by atoms with E-state index in [1.165, 1.54) is 0 Å². The topological polar surface area (TPSA) is 59.7 Å². The fourth-order valence-corrected chi connectivity index (χ4v) is 2.32. The van der Waals surface area contributed by atoms with Crippen LogP contribution < -0.4 is 10.2 Å². The molecule has 3 aromatic rings. The molecule has 0 saturated heterocycles. The summed E-state index contributed by atoms with van der Waals surface area (Å²) in [5, 5.41) is 10.5. The minimum atomic E-state index is -0.480. The minimum Gasteiger partial charge on any atom is -0.502 e. The van der Waals surface area contributed by atoms with Crippen LogP contribution in [0.15, 0.2) is 57.7 Å². The molecule has 0 spiro atoms. The van der Waals surface area contributed by atoms with E-state index in [0.29, 0.717) is 23.5 Å². The Morgan fingerprint density at radius 2 is 1.86 bits per heavy atom. The predicted octanol–water partition coefficient (Wildman–Crippen LogP) is 3.95. The van der Waals surface area contributed by atoms with E-state index in [4.69, 9.17) is 9.15 Å². The van der Waals surface area contributed by atoms with E-state index in [1.807, 2.05) is 25.1 Å². The normalized spacial score (nSPS) is 10.8. The van der Waals surface area contributed by atoms with E-state index in [2.05, 4.69) is 0 Å². The smallest absolute Gasteiger partial charge is 0.238 e. The lowest BCUT2D eigenvalue weighted by Crippen LogP contribution is -2.06. The summed E-state index contributed by atoms with van der Waals surface area (Å²) in [6, 6.07) is 14.2. The largest absolute Gasteiger partial charge is 0.502 e. The van der Waals surface area contributed by atoms with Gasteiger partial charge in [0.2, 0.25) is 11.2 Å². The van der Waals surface area contributed by atoms with Crippen molar-refractivity contribution < 1.29 is 14.3 Å². The van der Waals surface area contributed by atoms with Crippen LogP contribution >= 0.6 is 0 Å². The van der Waals surface area contributed by atoms with Gasteiger partial charge in [-0.3, -0.25) is 4.79 Å². The molecule has 0 fully saturated rings. The maximum Gasteiger partial charge on any atom is 0.238 e. The zero-order chi connectivity index (χ0) is 15.5. The lowest BCUT2D eigenvalue weighted by atomic mass is 10.1. The van der Waals surface area contributed by atoms with Crippen molar-refractivity contribution in [3.63, 3.8) is 0 Å². The Balaban J connectivity index is 2.24. The molecule has 0 radical (unpaired) electrons. The fraction of sp³-hybridized carbons (Fsp3) is 0.167. The zero-order valence-corrected chi connectivity index (χ0v) is 12.2. The second-order valence-electron chi connectivity index (χ2n) is 4.95. The number of aromatic hydroxyl groups is 1. The van der Waals surface area contributed by atoms with Gasteiger partial charge in [-0.2, -0.15) is 0 Å². The first-order valence-electron chi connectivity index (χ1n) is 7.19. The van der Waals surface area contributed by atoms with E-state index in [0.717, 1.165) is 6.42 Å². The molecule has 4 heteroatoms. The number of ether oxygens (including phenoxy) is 1. The second-order valence-corrected chi connectivity index (χ2v) is 4.95. The molecule has 0 bridgehead atoms. The molecule has 2 aromatic carbocycles. The molecule has 4 nitrogen and oxygen atoms in total. The van der Waals surface area contributed by atoms with E-state index in [1.54, 1.807) is 30.3 Å². The maximum atomic E-state index is 12.5. The molecule has 0 aliphatic rings. The summed E-state index contributed by atoms with van der Waals surface area (Å²) in [7, 11) is 0. The summed E-state index contributed by atoms with van der Waals surface area (Å²) in [6.07, 6.45) is 0.829. The van der Waals surface area contributed by atoms with Crippen LogP contribution in [0.3, 0.4) is 0 Å². The lowest BCUT2D eigenvalue weighted by Gasteiger charge is -2.10. The summed E-state index contributed by atoms with van der Waals surface area (Å²) in [5.41, 5.74) is 0.570. The average molecular weight is 296 g/mol. The van der Waals surface area contributed by atoms with Gasteiger partial charge in [-0.15, -0.1) is 0 Å². The molecule has 0 aliphatic carbocycles. The highest BCUT2D eigenvalue weighted by molar-refractivity contribution is 5.87. The quantitative estimate of drug-likeness (QED) is 0.791. The Labute approximate surface area is 127 Å². The number of fused-ring (bicyclic) bond motifs is 1. The summed E-state index contributed by atoms with van der Waals surface area (Å²) in [5.74, 6) is 0.208. The van der Waals surface area contributed by atoms with Crippen molar-refractivity contribution in [1.82, 2.24) is 0 Å². The number of hydrogen-bond acceptors (Lipinski definition) is 4. The Morgan fingerprint density at radius 1 is 1.09 bits per heavy atom. The third-order valence-electron chi connectivity index (χ3n) is 3.35. The Morgan fingerprint density at radius 3 is 2.59 bits per heavy atom. The van der Waals surface area contributed by atoms with Gasteiger partial charge in [0.15, 0.2) is 5.76 Å². The standard InChI is InChI=1S/C18H16O4/c1-2-11-21-13-9-6-10-14-15(13)16(19)17(20)18(22-14)12-7-4-3-5-8-12/h3-10,20H,2,11H2,1H3. The predicted molar refractivity (Wildman–Crippen MR) is 85.4 cm³/mol. The molecule has 1 aromatic heterocycles. The summed E-state index contributed by atoms with van der Waals surface area (Å²) >= 11 is 0. The van der Waals surface area contributed by atoms with E-state index in [-0.39, 0.29) is 11.1 Å². The van der Waals surface area contributed by atoms with Gasteiger partial charge in [-0.05, 0) is 18.6 Å². The third-order valence-corrected chi connectivity index (χ3v) is 3.35. The Hall–Kier alpha value is -2.75. The monoisotopic (exact) mass is 296 g/mol. The van der Waals surface area contributed by atoms with Gasteiger partial charge in [-0.1, -0.05) is 43.3 Å². The first kappa shape index (κ1) is 14.2. The number of hydrogen-bond donors (Lipinski definition) is 1. The van der Waals surface area contributed by atoms with E-state index in [9.17, 15) is 9.90 Å². The van der Waals surface area contributed by atoms with Crippen molar-refractivity contribution >= 4 is 11.0 Å². The Bertz CT molecular complexity index is 850. The molecule has 3 rings (SSSR count). The van der Waals surface area contributed by atoms with Crippen molar-refractivity contribution in [2.24, 2.45) is 0 Å². The van der Waals surface area contributed by atoms with Crippen molar-refractivity contribution in [2.75, 3.05) is 6.61 Å². The first-order valence-corrected chi connectivity index (χ1v) is 7.19. The lowest BCUT2D eigenvalue weighted by molar-refractivity contribution is 0.320. The molecule has 1 heterocycles. The van der Waals surface area contributed by atoms with Crippen LogP contribution in [-0.2, 0) is 0 Å². The molecule has 0 aliphatic heterocycles. The SMILES string of the molecule is CCCOc1cccc2oc(-c3ccccc3)c(O)c(=O)c12. The molecule has 1 N–H and O–H groups in total. The number of rotatable bonds is 4. The first-order chi connectivity index (χ1) is 10.7. The molecular formula is C18H16O4. The van der Waals surface area contributed by atoms with Gasteiger partial charge in [0, 0.05) is 5.56 Å². The Kier molecular flexibility index (Phi) is 3.83. The fourth-order valence-electron chi connectivity index (χ4n) is 2.32. The van der Waals surface area contributed by atoms with Crippen LogP contribution in [0.25, 0.3) is 22.3 Å². The van der Waals surface area contributed by atoms with Crippen LogP contribution in [0, 0.1) is 0 Å². The van der Waals surface area contributed by atoms with Crippen LogP contribution in [0.1, 0.15) is 13.3 Å². The summed E-state index contributed by atoms with van der Waals surface area (Å²) in [4.78, 5) is 12.5. The van der Waals surface area contributed by atoms with Crippen LogP contribution in [0.2, 0.25) is 0 Å². The molecule has 22 heavy (non-hydrogen) atoms. The van der Waals surface area contributed by atoms with Gasteiger partial charge >= 0.3 is 0 Å². The van der Waals surface area contributed by atoms with Crippen molar-refractivity contribution in [1.29, 1.82) is 0 Å². The maximum absolute atomic E-state index is 12.5. The van der Waals surface area contributed by atoms with Crippen molar-refractivity contribution in [2.45, 2.75) is 13.3 Å². The van der Waals surface area contributed by atoms with Gasteiger partial charge < -0.3 is 14.3 Å². The van der Waals surface area contributed by atoms with Crippen LogP contribution in [0.5, 0.6) is 11.5 Å². The molecule has 0 unspecified atom stereocenters. The highest BCUT2D eigenvalue weighted by Gasteiger charge is 2.17. The zero-order valence-electron chi connectivity index (χ0n) is 12.2. The minimum absolute atomic E-state index is 0.172. The van der Waals surface area contributed by atoms with E-state index < -0.39 is 11.2 Å². The molecule has 0 saturated carbocycles. The molecule has 0 atom stereocenters.